The van der Waals surface area contributed by atoms with Crippen molar-refractivity contribution < 1.29 is 9.90 Å². The van der Waals surface area contributed by atoms with Crippen LogP contribution in [0.2, 0.25) is 0 Å². The zero-order chi connectivity index (χ0) is 15.5. The molecule has 0 atom stereocenters. The monoisotopic (exact) mass is 290 g/mol. The van der Waals surface area contributed by atoms with Crippen molar-refractivity contribution in [3.05, 3.63) is 76.9 Å². The van der Waals surface area contributed by atoms with Gasteiger partial charge in [0.1, 0.15) is 5.76 Å². The molecule has 0 aromatic heterocycles. The first-order valence-electron chi connectivity index (χ1n) is 6.89. The Morgan fingerprint density at radius 3 is 2.32 bits per heavy atom. The highest BCUT2D eigenvalue weighted by molar-refractivity contribution is 6.35. The molecule has 0 amide bonds. The molecule has 3 rings (SSSR count). The number of aliphatic hydroxyl groups is 1. The van der Waals surface area contributed by atoms with E-state index in [1.54, 1.807) is 37.4 Å². The lowest BCUT2D eigenvalue weighted by atomic mass is 10.1. The third-order valence-electron chi connectivity index (χ3n) is 3.47. The molecule has 0 unspecified atom stereocenters. The topological polar surface area (TPSA) is 62.0 Å². The van der Waals surface area contributed by atoms with Crippen molar-refractivity contribution in [3.63, 3.8) is 0 Å². The predicted molar refractivity (Wildman–Crippen MR) is 87.5 cm³/mol. The van der Waals surface area contributed by atoms with E-state index in [-0.39, 0.29) is 17.1 Å². The normalized spacial score (nSPS) is 14.8. The van der Waals surface area contributed by atoms with Gasteiger partial charge in [-0.3, -0.25) is 4.79 Å². The largest absolute Gasteiger partial charge is 0.506 e. The Kier molecular flexibility index (Phi) is 3.66. The zero-order valence-electron chi connectivity index (χ0n) is 12.0. The second-order valence-electron chi connectivity index (χ2n) is 4.94. The Bertz CT molecular complexity index is 818. The van der Waals surface area contributed by atoms with Gasteiger partial charge in [-0.1, -0.05) is 54.6 Å². The summed E-state index contributed by atoms with van der Waals surface area (Å²) in [5.74, 6) is -0.249. The van der Waals surface area contributed by atoms with Gasteiger partial charge in [-0.25, -0.2) is 0 Å². The van der Waals surface area contributed by atoms with E-state index in [0.29, 0.717) is 16.8 Å². The quantitative estimate of drug-likeness (QED) is 0.693. The third-order valence-corrected chi connectivity index (χ3v) is 3.47. The van der Waals surface area contributed by atoms with Gasteiger partial charge in [-0.05, 0) is 12.5 Å². The molecule has 4 heteroatoms. The summed E-state index contributed by atoms with van der Waals surface area (Å²) in [5.41, 5.74) is 2.57. The summed E-state index contributed by atoms with van der Waals surface area (Å²) in [5, 5.41) is 18.2. The zero-order valence-corrected chi connectivity index (χ0v) is 12.0. The molecule has 0 radical (unpaired) electrons. The van der Waals surface area contributed by atoms with Crippen LogP contribution in [0.1, 0.15) is 28.4 Å². The molecule has 0 aliphatic heterocycles. The molecule has 4 nitrogen and oxygen atoms in total. The molecule has 2 aromatic carbocycles. The van der Waals surface area contributed by atoms with Crippen molar-refractivity contribution >= 4 is 23.5 Å². The summed E-state index contributed by atoms with van der Waals surface area (Å²) in [6, 6.07) is 16.5. The Labute approximate surface area is 128 Å². The average Bonchev–Trinajstić information content (AvgIpc) is 2.80. The predicted octanol–water partition coefficient (Wildman–Crippen LogP) is 3.65. The number of hydrogen-bond acceptors (Lipinski definition) is 4. The van der Waals surface area contributed by atoms with Crippen LogP contribution in [0.3, 0.4) is 0 Å². The smallest absolute Gasteiger partial charge is 0.199 e. The minimum Gasteiger partial charge on any atom is -0.506 e. The van der Waals surface area contributed by atoms with Crippen LogP contribution < -0.4 is 0 Å². The Hall–Kier alpha value is -3.01. The van der Waals surface area contributed by atoms with E-state index in [1.165, 1.54) is 0 Å². The van der Waals surface area contributed by atoms with E-state index < -0.39 is 0 Å². The van der Waals surface area contributed by atoms with E-state index in [1.807, 2.05) is 30.3 Å². The molecule has 108 valence electrons. The van der Waals surface area contributed by atoms with E-state index in [2.05, 4.69) is 10.2 Å². The van der Waals surface area contributed by atoms with Crippen LogP contribution in [0.5, 0.6) is 0 Å². The fraction of sp³-hybridized carbons (Fsp3) is 0.0556. The number of aliphatic hydroxyl groups excluding tert-OH is 1. The second-order valence-corrected chi connectivity index (χ2v) is 4.94. The van der Waals surface area contributed by atoms with Crippen LogP contribution in [0.15, 0.2) is 70.4 Å². The molecule has 1 aliphatic rings. The fourth-order valence-electron chi connectivity index (χ4n) is 2.37. The van der Waals surface area contributed by atoms with Crippen molar-refractivity contribution in [3.8, 4) is 0 Å². The molecule has 22 heavy (non-hydrogen) atoms. The number of carbonyl (C=O) groups is 1. The van der Waals surface area contributed by atoms with Gasteiger partial charge in [0.15, 0.2) is 5.78 Å². The molecule has 1 aliphatic carbocycles. The number of allylic oxidation sites excluding steroid dienone is 1. The lowest BCUT2D eigenvalue weighted by molar-refractivity contribution is 0.104. The average molecular weight is 290 g/mol. The molecular formula is C18H14N2O2. The number of nitrogens with zero attached hydrogens (tertiary/aromatic N) is 2. The van der Waals surface area contributed by atoms with Crippen molar-refractivity contribution in [1.29, 1.82) is 0 Å². The molecule has 1 N–H and O–H groups in total. The van der Waals surface area contributed by atoms with Crippen molar-refractivity contribution in [2.24, 2.45) is 10.2 Å². The first kappa shape index (κ1) is 13.9. The maximum Gasteiger partial charge on any atom is 0.199 e. The summed E-state index contributed by atoms with van der Waals surface area (Å²) < 4.78 is 0. The SMILES string of the molecule is C/C(=N\N=C/c1ccccc1)C1=C(O)c2ccccc2C1=O. The fourth-order valence-corrected chi connectivity index (χ4v) is 2.37. The summed E-state index contributed by atoms with van der Waals surface area (Å²) in [7, 11) is 0. The minimum atomic E-state index is -0.218. The first-order chi connectivity index (χ1) is 10.7. The molecule has 0 fully saturated rings. The highest BCUT2D eigenvalue weighted by Gasteiger charge is 2.30. The standard InChI is InChI=1S/C18H14N2O2/c1-12(20-19-11-13-7-3-2-4-8-13)16-17(21)14-9-5-6-10-15(14)18(16)22/h2-11,21H,1H3/b19-11-,20-12+. The van der Waals surface area contributed by atoms with Crippen LogP contribution in [-0.2, 0) is 0 Å². The van der Waals surface area contributed by atoms with E-state index in [9.17, 15) is 9.90 Å². The number of hydrogen-bond donors (Lipinski definition) is 1. The van der Waals surface area contributed by atoms with Gasteiger partial charge in [-0.2, -0.15) is 10.2 Å². The third kappa shape index (κ3) is 2.46. The number of fused-ring (bicyclic) bond motifs is 1. The number of carbonyl (C=O) groups excluding carboxylic acids is 1. The van der Waals surface area contributed by atoms with Crippen molar-refractivity contribution in [2.75, 3.05) is 0 Å². The number of rotatable bonds is 3. The summed E-state index contributed by atoms with van der Waals surface area (Å²) in [4.78, 5) is 12.3. The lowest BCUT2D eigenvalue weighted by Crippen LogP contribution is -2.07. The number of ketones is 1. The molecular weight excluding hydrogens is 276 g/mol. The molecule has 0 spiro atoms. The van der Waals surface area contributed by atoms with E-state index in [0.717, 1.165) is 5.56 Å². The Morgan fingerprint density at radius 1 is 1.00 bits per heavy atom. The van der Waals surface area contributed by atoms with Crippen LogP contribution in [0.25, 0.3) is 5.76 Å². The molecule has 0 heterocycles. The van der Waals surface area contributed by atoms with Gasteiger partial charge in [-0.15, -0.1) is 0 Å². The Morgan fingerprint density at radius 2 is 1.64 bits per heavy atom. The summed E-state index contributed by atoms with van der Waals surface area (Å²) in [6.07, 6.45) is 1.60. The van der Waals surface area contributed by atoms with Gasteiger partial charge in [0.25, 0.3) is 0 Å². The second kappa shape index (κ2) is 5.77. The van der Waals surface area contributed by atoms with Gasteiger partial charge in [0, 0.05) is 11.1 Å². The van der Waals surface area contributed by atoms with Crippen LogP contribution >= 0.6 is 0 Å². The van der Waals surface area contributed by atoms with E-state index >= 15 is 0 Å². The van der Waals surface area contributed by atoms with Gasteiger partial charge < -0.3 is 5.11 Å². The van der Waals surface area contributed by atoms with Gasteiger partial charge >= 0.3 is 0 Å². The number of Topliss-reactive ketones (excluding diaryl/α,β-unsaturated/α-hetero) is 1. The first-order valence-corrected chi connectivity index (χ1v) is 6.89. The number of benzene rings is 2. The van der Waals surface area contributed by atoms with Gasteiger partial charge in [0.2, 0.25) is 0 Å². The summed E-state index contributed by atoms with van der Waals surface area (Å²) in [6.45, 7) is 1.66. The van der Waals surface area contributed by atoms with Gasteiger partial charge in [0.05, 0.1) is 17.5 Å². The van der Waals surface area contributed by atoms with Crippen molar-refractivity contribution in [2.45, 2.75) is 6.92 Å². The lowest BCUT2D eigenvalue weighted by Gasteiger charge is -1.98. The highest BCUT2D eigenvalue weighted by Crippen LogP contribution is 2.31. The highest BCUT2D eigenvalue weighted by atomic mass is 16.3. The maximum absolute atomic E-state index is 12.3. The van der Waals surface area contributed by atoms with Crippen LogP contribution in [-0.4, -0.2) is 22.8 Å². The minimum absolute atomic E-state index is 0.0308. The molecule has 0 saturated carbocycles. The van der Waals surface area contributed by atoms with E-state index in [4.69, 9.17) is 0 Å². The van der Waals surface area contributed by atoms with Crippen molar-refractivity contribution in [1.82, 2.24) is 0 Å². The Balaban J connectivity index is 1.89. The molecule has 0 saturated heterocycles. The maximum atomic E-state index is 12.3. The molecule has 0 bridgehead atoms. The molecule has 2 aromatic rings. The van der Waals surface area contributed by atoms with Crippen LogP contribution in [0.4, 0.5) is 0 Å². The summed E-state index contributed by atoms with van der Waals surface area (Å²) >= 11 is 0. The van der Waals surface area contributed by atoms with Crippen LogP contribution in [0, 0.1) is 0 Å².